The zero-order valence-corrected chi connectivity index (χ0v) is 18.4. The minimum atomic E-state index is -1.39. The van der Waals surface area contributed by atoms with Gasteiger partial charge in [-0.15, -0.1) is 0 Å². The molecule has 8 nitrogen and oxygen atoms in total. The fraction of sp³-hybridized carbons (Fsp3) is 0.227. The second-order valence-corrected chi connectivity index (χ2v) is 8.80. The van der Waals surface area contributed by atoms with Crippen LogP contribution in [0.1, 0.15) is 17.1 Å². The van der Waals surface area contributed by atoms with Crippen LogP contribution in [0, 0.1) is 13.8 Å². The van der Waals surface area contributed by atoms with Gasteiger partial charge in [-0.2, -0.15) is 0 Å². The highest BCUT2D eigenvalue weighted by atomic mass is 32.2. The summed E-state index contributed by atoms with van der Waals surface area (Å²) in [6, 6.07) is 9.64. The van der Waals surface area contributed by atoms with Crippen molar-refractivity contribution in [3.63, 3.8) is 0 Å². The molecule has 0 N–H and O–H groups in total. The standard InChI is InChI=1S/C22H21N5O3S/c1-13-21(14(2)30-25-13)17-9-18-16(10-20(17)29-4)22-19(11-24-18)26(3)31(28)27(22)12-15-7-5-6-8-23-15/h5-11H,12H2,1-4H3. The van der Waals surface area contributed by atoms with E-state index in [4.69, 9.17) is 9.26 Å². The van der Waals surface area contributed by atoms with Gasteiger partial charge in [0, 0.05) is 24.2 Å². The van der Waals surface area contributed by atoms with Crippen molar-refractivity contribution in [2.24, 2.45) is 0 Å². The van der Waals surface area contributed by atoms with Gasteiger partial charge in [0.15, 0.2) is 0 Å². The van der Waals surface area contributed by atoms with Crippen LogP contribution in [0.4, 0.5) is 11.4 Å². The Morgan fingerprint density at radius 3 is 2.71 bits per heavy atom. The van der Waals surface area contributed by atoms with E-state index in [-0.39, 0.29) is 0 Å². The molecular formula is C22H21N5O3S. The number of hydrogen-bond donors (Lipinski definition) is 0. The third-order valence-electron chi connectivity index (χ3n) is 5.49. The number of rotatable bonds is 4. The van der Waals surface area contributed by atoms with E-state index >= 15 is 0 Å². The number of benzene rings is 1. The lowest BCUT2D eigenvalue weighted by Gasteiger charge is -2.18. The molecule has 0 amide bonds. The van der Waals surface area contributed by atoms with E-state index in [1.165, 1.54) is 0 Å². The topological polar surface area (TPSA) is 84.6 Å². The van der Waals surface area contributed by atoms with Gasteiger partial charge < -0.3 is 9.26 Å². The fourth-order valence-corrected chi connectivity index (χ4v) is 5.19. The zero-order valence-electron chi connectivity index (χ0n) is 17.6. The van der Waals surface area contributed by atoms with Gasteiger partial charge in [0.05, 0.1) is 53.7 Å². The van der Waals surface area contributed by atoms with Crippen LogP contribution < -0.4 is 13.3 Å². The summed E-state index contributed by atoms with van der Waals surface area (Å²) in [5.41, 5.74) is 5.80. The summed E-state index contributed by atoms with van der Waals surface area (Å²) in [4.78, 5) is 9.06. The van der Waals surface area contributed by atoms with Gasteiger partial charge in [0.2, 0.25) is 11.2 Å². The molecular weight excluding hydrogens is 414 g/mol. The summed E-state index contributed by atoms with van der Waals surface area (Å²) >= 11 is -1.39. The number of pyridine rings is 2. The lowest BCUT2D eigenvalue weighted by molar-refractivity contribution is 0.393. The molecule has 0 bridgehead atoms. The SMILES string of the molecule is COc1cc2c3c(cnc2cc1-c1c(C)noc1C)N(C)S(=O)N3Cc1ccccn1. The monoisotopic (exact) mass is 435 g/mol. The summed E-state index contributed by atoms with van der Waals surface area (Å²) in [7, 11) is 3.44. The van der Waals surface area contributed by atoms with Crippen molar-refractivity contribution >= 4 is 33.4 Å². The molecule has 3 aromatic heterocycles. The molecule has 1 unspecified atom stereocenters. The summed E-state index contributed by atoms with van der Waals surface area (Å²) in [5, 5.41) is 4.93. The zero-order chi connectivity index (χ0) is 21.7. The summed E-state index contributed by atoms with van der Waals surface area (Å²) in [5.74, 6) is 1.39. The van der Waals surface area contributed by atoms with Gasteiger partial charge in [0.1, 0.15) is 11.5 Å². The van der Waals surface area contributed by atoms with E-state index in [1.54, 1.807) is 30.9 Å². The van der Waals surface area contributed by atoms with Gasteiger partial charge in [0.25, 0.3) is 0 Å². The fourth-order valence-electron chi connectivity index (χ4n) is 4.00. The molecule has 0 saturated carbocycles. The molecule has 0 fully saturated rings. The number of hydrogen-bond acceptors (Lipinski definition) is 6. The predicted molar refractivity (Wildman–Crippen MR) is 120 cm³/mol. The summed E-state index contributed by atoms with van der Waals surface area (Å²) in [6.45, 7) is 4.19. The Morgan fingerprint density at radius 1 is 1.19 bits per heavy atom. The Balaban J connectivity index is 1.72. The number of ether oxygens (including phenoxy) is 1. The molecule has 1 aliphatic rings. The van der Waals surface area contributed by atoms with Crippen molar-refractivity contribution in [3.05, 3.63) is 59.9 Å². The van der Waals surface area contributed by atoms with E-state index in [9.17, 15) is 4.21 Å². The normalized spacial score (nSPS) is 15.5. The molecule has 0 saturated heterocycles. The molecule has 31 heavy (non-hydrogen) atoms. The van der Waals surface area contributed by atoms with E-state index in [0.29, 0.717) is 18.1 Å². The Morgan fingerprint density at radius 2 is 2.03 bits per heavy atom. The third-order valence-corrected chi connectivity index (χ3v) is 6.84. The van der Waals surface area contributed by atoms with Crippen LogP contribution in [0.3, 0.4) is 0 Å². The minimum Gasteiger partial charge on any atom is -0.496 e. The van der Waals surface area contributed by atoms with Crippen molar-refractivity contribution in [2.75, 3.05) is 22.8 Å². The highest BCUT2D eigenvalue weighted by molar-refractivity contribution is 7.88. The van der Waals surface area contributed by atoms with Crippen LogP contribution in [0.5, 0.6) is 5.75 Å². The number of aryl methyl sites for hydroxylation is 2. The molecule has 5 rings (SSSR count). The maximum absolute atomic E-state index is 13.2. The predicted octanol–water partition coefficient (Wildman–Crippen LogP) is 3.95. The number of nitrogens with zero attached hydrogens (tertiary/aromatic N) is 5. The minimum absolute atomic E-state index is 0.415. The van der Waals surface area contributed by atoms with Crippen molar-refractivity contribution in [3.8, 4) is 16.9 Å². The van der Waals surface area contributed by atoms with Gasteiger partial charge in [-0.3, -0.25) is 18.6 Å². The van der Waals surface area contributed by atoms with E-state index in [2.05, 4.69) is 15.1 Å². The highest BCUT2D eigenvalue weighted by Gasteiger charge is 2.34. The first kappa shape index (κ1) is 19.5. The molecule has 1 aliphatic heterocycles. The van der Waals surface area contributed by atoms with Gasteiger partial charge >= 0.3 is 0 Å². The molecule has 0 spiro atoms. The average molecular weight is 436 g/mol. The quantitative estimate of drug-likeness (QED) is 0.483. The summed E-state index contributed by atoms with van der Waals surface area (Å²) < 4.78 is 27.8. The Kier molecular flexibility index (Phi) is 4.62. The van der Waals surface area contributed by atoms with Crippen molar-refractivity contribution in [1.29, 1.82) is 0 Å². The first-order chi connectivity index (χ1) is 15.0. The first-order valence-corrected chi connectivity index (χ1v) is 10.8. The van der Waals surface area contributed by atoms with E-state index < -0.39 is 11.2 Å². The maximum Gasteiger partial charge on any atom is 0.225 e. The van der Waals surface area contributed by atoms with E-state index in [0.717, 1.165) is 44.8 Å². The second kappa shape index (κ2) is 7.35. The number of methoxy groups -OCH3 is 1. The lowest BCUT2D eigenvalue weighted by Crippen LogP contribution is -2.29. The van der Waals surface area contributed by atoms with Crippen LogP contribution in [0.15, 0.2) is 47.2 Å². The van der Waals surface area contributed by atoms with Gasteiger partial charge in [-0.05, 0) is 38.1 Å². The largest absolute Gasteiger partial charge is 0.496 e. The average Bonchev–Trinajstić information content (AvgIpc) is 3.24. The highest BCUT2D eigenvalue weighted by Crippen LogP contribution is 2.46. The van der Waals surface area contributed by atoms with Crippen LogP contribution >= 0.6 is 0 Å². The van der Waals surface area contributed by atoms with Crippen molar-refractivity contribution in [2.45, 2.75) is 20.4 Å². The van der Waals surface area contributed by atoms with E-state index in [1.807, 2.05) is 48.5 Å². The van der Waals surface area contributed by atoms with Crippen LogP contribution in [0.2, 0.25) is 0 Å². The first-order valence-electron chi connectivity index (χ1n) is 9.76. The molecule has 1 atom stereocenters. The molecule has 4 aromatic rings. The molecule has 9 heteroatoms. The second-order valence-electron chi connectivity index (χ2n) is 7.35. The van der Waals surface area contributed by atoms with Crippen LogP contribution in [-0.4, -0.2) is 33.5 Å². The Hall–Kier alpha value is -3.46. The Bertz CT molecular complexity index is 1300. The molecule has 0 aliphatic carbocycles. The summed E-state index contributed by atoms with van der Waals surface area (Å²) in [6.07, 6.45) is 3.50. The third kappa shape index (κ3) is 3.04. The number of aromatic nitrogens is 3. The number of anilines is 2. The smallest absolute Gasteiger partial charge is 0.225 e. The van der Waals surface area contributed by atoms with Gasteiger partial charge in [-0.1, -0.05) is 11.2 Å². The molecule has 0 radical (unpaired) electrons. The molecule has 158 valence electrons. The van der Waals surface area contributed by atoms with Crippen molar-refractivity contribution in [1.82, 2.24) is 15.1 Å². The lowest BCUT2D eigenvalue weighted by atomic mass is 10.00. The van der Waals surface area contributed by atoms with Crippen LogP contribution in [-0.2, 0) is 17.7 Å². The van der Waals surface area contributed by atoms with Crippen molar-refractivity contribution < 1.29 is 13.5 Å². The maximum atomic E-state index is 13.2. The molecule has 4 heterocycles. The van der Waals surface area contributed by atoms with Crippen LogP contribution in [0.25, 0.3) is 22.0 Å². The number of fused-ring (bicyclic) bond motifs is 3. The molecule has 1 aromatic carbocycles. The Labute approximate surface area is 182 Å². The van der Waals surface area contributed by atoms with Gasteiger partial charge in [-0.25, -0.2) is 4.21 Å².